The number of rotatable bonds is 7. The third-order valence-electron chi connectivity index (χ3n) is 6.10. The van der Waals surface area contributed by atoms with Crippen LogP contribution in [-0.4, -0.2) is 30.9 Å². The number of hydrogen-bond donors (Lipinski definition) is 1. The summed E-state index contributed by atoms with van der Waals surface area (Å²) in [7, 11) is 3.15. The number of imide groups is 1. The van der Waals surface area contributed by atoms with Gasteiger partial charge in [0.15, 0.2) is 0 Å². The molecule has 1 heterocycles. The molecule has 6 heteroatoms. The number of anilines is 1. The molecule has 3 aromatic rings. The Kier molecular flexibility index (Phi) is 6.41. The van der Waals surface area contributed by atoms with Gasteiger partial charge in [0.25, 0.3) is 11.8 Å². The van der Waals surface area contributed by atoms with Crippen LogP contribution in [0.3, 0.4) is 0 Å². The first-order chi connectivity index (χ1) is 16.3. The van der Waals surface area contributed by atoms with E-state index in [4.69, 9.17) is 9.47 Å². The van der Waals surface area contributed by atoms with Crippen molar-refractivity contribution in [2.45, 2.75) is 27.3 Å². The molecule has 174 valence electrons. The maximum atomic E-state index is 13.7. The van der Waals surface area contributed by atoms with E-state index in [0.29, 0.717) is 28.3 Å². The summed E-state index contributed by atoms with van der Waals surface area (Å²) in [5.41, 5.74) is 5.79. The maximum Gasteiger partial charge on any atom is 0.278 e. The van der Waals surface area contributed by atoms with Gasteiger partial charge in [-0.15, -0.1) is 0 Å². The quantitative estimate of drug-likeness (QED) is 0.506. The third-order valence-corrected chi connectivity index (χ3v) is 6.10. The monoisotopic (exact) mass is 456 g/mol. The number of nitrogens with one attached hydrogen (secondary N) is 1. The van der Waals surface area contributed by atoms with Crippen LogP contribution in [-0.2, 0) is 16.1 Å². The number of methoxy groups -OCH3 is 2. The van der Waals surface area contributed by atoms with Gasteiger partial charge in [-0.05, 0) is 61.2 Å². The Balaban J connectivity index is 1.81. The SMILES string of the molecule is COc1ccccc1CN1C(=O)C(Nc2cc(C)ccc2OC)=C(c2ccc(C)c(C)c2)C1=O. The lowest BCUT2D eigenvalue weighted by molar-refractivity contribution is -0.137. The number of amides is 2. The zero-order valence-electron chi connectivity index (χ0n) is 20.1. The van der Waals surface area contributed by atoms with Gasteiger partial charge in [-0.1, -0.05) is 42.5 Å². The van der Waals surface area contributed by atoms with Crippen molar-refractivity contribution in [3.63, 3.8) is 0 Å². The number of carbonyl (C=O) groups excluding carboxylic acids is 2. The predicted molar refractivity (Wildman–Crippen MR) is 133 cm³/mol. The van der Waals surface area contributed by atoms with Crippen LogP contribution in [0.2, 0.25) is 0 Å². The summed E-state index contributed by atoms with van der Waals surface area (Å²) >= 11 is 0. The molecule has 1 aliphatic rings. The van der Waals surface area contributed by atoms with Crippen molar-refractivity contribution < 1.29 is 19.1 Å². The number of hydrogen-bond acceptors (Lipinski definition) is 5. The number of nitrogens with zero attached hydrogens (tertiary/aromatic N) is 1. The van der Waals surface area contributed by atoms with Crippen molar-refractivity contribution in [1.29, 1.82) is 0 Å². The van der Waals surface area contributed by atoms with Gasteiger partial charge < -0.3 is 14.8 Å². The van der Waals surface area contributed by atoms with Crippen molar-refractivity contribution in [1.82, 2.24) is 4.90 Å². The molecule has 0 aromatic heterocycles. The summed E-state index contributed by atoms with van der Waals surface area (Å²) in [6, 6.07) is 18.8. The predicted octanol–water partition coefficient (Wildman–Crippen LogP) is 5.02. The highest BCUT2D eigenvalue weighted by molar-refractivity contribution is 6.36. The Morgan fingerprint density at radius 1 is 0.794 bits per heavy atom. The van der Waals surface area contributed by atoms with Gasteiger partial charge in [-0.25, -0.2) is 0 Å². The molecule has 3 aromatic carbocycles. The van der Waals surface area contributed by atoms with Crippen molar-refractivity contribution in [2.75, 3.05) is 19.5 Å². The fraction of sp³-hybridized carbons (Fsp3) is 0.214. The summed E-state index contributed by atoms with van der Waals surface area (Å²) in [6.07, 6.45) is 0. The topological polar surface area (TPSA) is 67.9 Å². The largest absolute Gasteiger partial charge is 0.496 e. The molecule has 0 saturated carbocycles. The van der Waals surface area contributed by atoms with E-state index in [1.165, 1.54) is 4.90 Å². The van der Waals surface area contributed by atoms with Crippen LogP contribution < -0.4 is 14.8 Å². The third kappa shape index (κ3) is 4.27. The molecule has 0 bridgehead atoms. The van der Waals surface area contributed by atoms with E-state index in [1.54, 1.807) is 14.2 Å². The molecule has 0 radical (unpaired) electrons. The highest BCUT2D eigenvalue weighted by Crippen LogP contribution is 2.35. The molecule has 0 atom stereocenters. The van der Waals surface area contributed by atoms with Gasteiger partial charge in [-0.3, -0.25) is 14.5 Å². The standard InChI is InChI=1S/C28H28N2O4/c1-17-10-13-24(34-5)22(14-17)29-26-25(20-12-11-18(2)19(3)15-20)27(31)30(28(26)32)16-21-8-6-7-9-23(21)33-4/h6-15,29H,16H2,1-5H3. The lowest BCUT2D eigenvalue weighted by atomic mass is 9.99. The van der Waals surface area contributed by atoms with Crippen LogP contribution in [0.4, 0.5) is 5.69 Å². The van der Waals surface area contributed by atoms with Crippen molar-refractivity contribution in [2.24, 2.45) is 0 Å². The van der Waals surface area contributed by atoms with Gasteiger partial charge in [0.05, 0.1) is 32.0 Å². The number of benzene rings is 3. The van der Waals surface area contributed by atoms with Crippen LogP contribution in [0.15, 0.2) is 66.4 Å². The minimum absolute atomic E-state index is 0.103. The number of aryl methyl sites for hydroxylation is 3. The highest BCUT2D eigenvalue weighted by Gasteiger charge is 2.40. The zero-order valence-corrected chi connectivity index (χ0v) is 20.1. The van der Waals surface area contributed by atoms with Crippen molar-refractivity contribution in [3.05, 3.63) is 94.2 Å². The molecule has 0 spiro atoms. The van der Waals surface area contributed by atoms with Crippen molar-refractivity contribution >= 4 is 23.1 Å². The van der Waals surface area contributed by atoms with E-state index in [1.807, 2.05) is 81.4 Å². The zero-order chi connectivity index (χ0) is 24.4. The van der Waals surface area contributed by atoms with Crippen molar-refractivity contribution in [3.8, 4) is 11.5 Å². The second-order valence-electron chi connectivity index (χ2n) is 8.39. The summed E-state index contributed by atoms with van der Waals surface area (Å²) in [5.74, 6) is 0.458. The van der Waals surface area contributed by atoms with E-state index in [9.17, 15) is 9.59 Å². The molecule has 4 rings (SSSR count). The molecule has 34 heavy (non-hydrogen) atoms. The molecule has 6 nitrogen and oxygen atoms in total. The molecule has 2 amide bonds. The van der Waals surface area contributed by atoms with Gasteiger partial charge in [0.2, 0.25) is 0 Å². The minimum atomic E-state index is -0.396. The summed E-state index contributed by atoms with van der Waals surface area (Å²) < 4.78 is 10.9. The van der Waals surface area contributed by atoms with E-state index < -0.39 is 5.91 Å². The lowest BCUT2D eigenvalue weighted by Crippen LogP contribution is -2.32. The van der Waals surface area contributed by atoms with Crippen LogP contribution in [0.5, 0.6) is 11.5 Å². The number of ether oxygens (including phenoxy) is 2. The lowest BCUT2D eigenvalue weighted by Gasteiger charge is -2.17. The molecule has 1 aliphatic heterocycles. The summed E-state index contributed by atoms with van der Waals surface area (Å²) in [4.78, 5) is 28.6. The molecule has 0 saturated heterocycles. The minimum Gasteiger partial charge on any atom is -0.496 e. The summed E-state index contributed by atoms with van der Waals surface area (Å²) in [5, 5.41) is 3.22. The molecule has 1 N–H and O–H groups in total. The molecular weight excluding hydrogens is 428 g/mol. The van der Waals surface area contributed by atoms with Gasteiger partial charge in [0, 0.05) is 5.56 Å². The normalized spacial score (nSPS) is 13.5. The van der Waals surface area contributed by atoms with Crippen LogP contribution in [0, 0.1) is 20.8 Å². The number of carbonyl (C=O) groups is 2. The molecule has 0 unspecified atom stereocenters. The Hall–Kier alpha value is -4.06. The Labute approximate surface area is 199 Å². The summed E-state index contributed by atoms with van der Waals surface area (Å²) in [6.45, 7) is 6.06. The fourth-order valence-electron chi connectivity index (χ4n) is 4.06. The van der Waals surface area contributed by atoms with Gasteiger partial charge in [0.1, 0.15) is 17.2 Å². The average molecular weight is 457 g/mol. The molecule has 0 fully saturated rings. The first-order valence-electron chi connectivity index (χ1n) is 11.1. The first kappa shape index (κ1) is 23.1. The van der Waals surface area contributed by atoms with E-state index >= 15 is 0 Å². The molecule has 0 aliphatic carbocycles. The van der Waals surface area contributed by atoms with Crippen LogP contribution in [0.25, 0.3) is 5.57 Å². The second-order valence-corrected chi connectivity index (χ2v) is 8.39. The van der Waals surface area contributed by atoms with Gasteiger partial charge in [-0.2, -0.15) is 0 Å². The maximum absolute atomic E-state index is 13.7. The van der Waals surface area contributed by atoms with Crippen LogP contribution in [0.1, 0.15) is 27.8 Å². The van der Waals surface area contributed by atoms with E-state index in [0.717, 1.165) is 22.3 Å². The van der Waals surface area contributed by atoms with E-state index in [-0.39, 0.29) is 18.1 Å². The Morgan fingerprint density at radius 3 is 2.24 bits per heavy atom. The highest BCUT2D eigenvalue weighted by atomic mass is 16.5. The Morgan fingerprint density at radius 2 is 1.53 bits per heavy atom. The van der Waals surface area contributed by atoms with Gasteiger partial charge >= 0.3 is 0 Å². The average Bonchev–Trinajstić information content (AvgIpc) is 3.05. The molecular formula is C28H28N2O4. The first-order valence-corrected chi connectivity index (χ1v) is 11.1. The smallest absolute Gasteiger partial charge is 0.278 e. The van der Waals surface area contributed by atoms with E-state index in [2.05, 4.69) is 5.32 Å². The van der Waals surface area contributed by atoms with Crippen LogP contribution >= 0.6 is 0 Å². The number of para-hydroxylation sites is 1. The fourth-order valence-corrected chi connectivity index (χ4v) is 4.06. The Bertz CT molecular complexity index is 1310. The second kappa shape index (κ2) is 9.43.